The van der Waals surface area contributed by atoms with E-state index in [0.717, 1.165) is 0 Å². The van der Waals surface area contributed by atoms with Crippen LogP contribution in [0.15, 0.2) is 40.9 Å². The average molecular weight is 388 g/mol. The molecular formula is C15H10BrCl2FN2. The van der Waals surface area contributed by atoms with Crippen molar-refractivity contribution in [3.8, 4) is 5.69 Å². The van der Waals surface area contributed by atoms with Crippen molar-refractivity contribution in [1.29, 1.82) is 0 Å². The summed E-state index contributed by atoms with van der Waals surface area (Å²) in [5.74, 6) is 0.174. The lowest BCUT2D eigenvalue weighted by Crippen LogP contribution is -2.05. The van der Waals surface area contributed by atoms with Crippen molar-refractivity contribution in [3.63, 3.8) is 0 Å². The molecule has 0 aliphatic carbocycles. The summed E-state index contributed by atoms with van der Waals surface area (Å²) in [6, 6.07) is 10.2. The maximum absolute atomic E-state index is 14.4. The van der Waals surface area contributed by atoms with Gasteiger partial charge in [0.05, 0.1) is 27.1 Å². The molecule has 3 rings (SSSR count). The molecule has 0 N–H and O–H groups in total. The van der Waals surface area contributed by atoms with Crippen LogP contribution < -0.4 is 0 Å². The first-order valence-electron chi connectivity index (χ1n) is 6.26. The van der Waals surface area contributed by atoms with E-state index >= 15 is 0 Å². The van der Waals surface area contributed by atoms with Gasteiger partial charge in [-0.05, 0) is 47.1 Å². The topological polar surface area (TPSA) is 17.8 Å². The van der Waals surface area contributed by atoms with E-state index in [9.17, 15) is 4.39 Å². The van der Waals surface area contributed by atoms with E-state index in [2.05, 4.69) is 20.9 Å². The normalized spacial score (nSPS) is 12.8. The number of rotatable bonds is 2. The van der Waals surface area contributed by atoms with Gasteiger partial charge in [0.1, 0.15) is 11.6 Å². The zero-order valence-corrected chi connectivity index (χ0v) is 14.0. The Bertz CT molecular complexity index is 810. The van der Waals surface area contributed by atoms with E-state index in [1.54, 1.807) is 35.8 Å². The molecule has 0 aliphatic rings. The highest BCUT2D eigenvalue weighted by atomic mass is 79.9. The van der Waals surface area contributed by atoms with Crippen LogP contribution in [0.1, 0.15) is 18.1 Å². The minimum Gasteiger partial charge on any atom is -0.290 e. The van der Waals surface area contributed by atoms with Crippen LogP contribution in [0.25, 0.3) is 16.7 Å². The Morgan fingerprint density at radius 3 is 2.62 bits per heavy atom. The number of aromatic nitrogens is 2. The van der Waals surface area contributed by atoms with Gasteiger partial charge < -0.3 is 0 Å². The van der Waals surface area contributed by atoms with Crippen LogP contribution in [0.4, 0.5) is 4.39 Å². The van der Waals surface area contributed by atoms with Crippen molar-refractivity contribution < 1.29 is 4.39 Å². The van der Waals surface area contributed by atoms with E-state index in [0.29, 0.717) is 32.0 Å². The summed E-state index contributed by atoms with van der Waals surface area (Å²) < 4.78 is 16.6. The number of fused-ring (bicyclic) bond motifs is 1. The molecule has 1 aromatic heterocycles. The molecule has 21 heavy (non-hydrogen) atoms. The highest BCUT2D eigenvalue weighted by molar-refractivity contribution is 9.10. The standard InChI is InChI=1S/C15H10BrCl2FN2/c1-8(17)15-20-12-7-3-5-10(18)14(12)21(15)13-9(16)4-2-6-11(13)19/h2-8H,1H3. The maximum Gasteiger partial charge on any atom is 0.148 e. The fourth-order valence-electron chi connectivity index (χ4n) is 2.30. The third kappa shape index (κ3) is 2.45. The minimum atomic E-state index is -0.389. The molecule has 1 atom stereocenters. The van der Waals surface area contributed by atoms with Gasteiger partial charge in [-0.15, -0.1) is 11.6 Å². The van der Waals surface area contributed by atoms with Gasteiger partial charge in [0, 0.05) is 4.47 Å². The Morgan fingerprint density at radius 2 is 1.95 bits per heavy atom. The van der Waals surface area contributed by atoms with Gasteiger partial charge in [0.15, 0.2) is 0 Å². The molecule has 6 heteroatoms. The van der Waals surface area contributed by atoms with Gasteiger partial charge in [0.25, 0.3) is 0 Å². The predicted molar refractivity (Wildman–Crippen MR) is 88.0 cm³/mol. The summed E-state index contributed by atoms with van der Waals surface area (Å²) in [7, 11) is 0. The largest absolute Gasteiger partial charge is 0.290 e. The first kappa shape index (κ1) is 14.8. The van der Waals surface area contributed by atoms with Gasteiger partial charge >= 0.3 is 0 Å². The smallest absolute Gasteiger partial charge is 0.148 e. The van der Waals surface area contributed by atoms with Crippen LogP contribution in [0.3, 0.4) is 0 Å². The number of nitrogens with zero attached hydrogens (tertiary/aromatic N) is 2. The second kappa shape index (κ2) is 5.59. The molecule has 0 spiro atoms. The first-order chi connectivity index (χ1) is 10.0. The zero-order valence-electron chi connectivity index (χ0n) is 10.9. The molecule has 1 heterocycles. The number of benzene rings is 2. The summed E-state index contributed by atoms with van der Waals surface area (Å²) in [5, 5.41) is 0.110. The number of halogens is 4. The third-order valence-corrected chi connectivity index (χ3v) is 4.31. The molecule has 2 aromatic carbocycles. The number of hydrogen-bond donors (Lipinski definition) is 0. The summed E-state index contributed by atoms with van der Waals surface area (Å²) in [6.07, 6.45) is 0. The third-order valence-electron chi connectivity index (χ3n) is 3.17. The summed E-state index contributed by atoms with van der Waals surface area (Å²) in [4.78, 5) is 4.49. The minimum absolute atomic E-state index is 0.357. The monoisotopic (exact) mass is 386 g/mol. The molecule has 3 aromatic rings. The number of para-hydroxylation sites is 2. The van der Waals surface area contributed by atoms with Gasteiger partial charge in [-0.2, -0.15) is 0 Å². The fourth-order valence-corrected chi connectivity index (χ4v) is 3.22. The van der Waals surface area contributed by atoms with Crippen molar-refractivity contribution in [2.45, 2.75) is 12.3 Å². The molecule has 0 radical (unpaired) electrons. The Balaban J connectivity index is 2.48. The summed E-state index contributed by atoms with van der Waals surface area (Å²) in [6.45, 7) is 1.79. The van der Waals surface area contributed by atoms with Gasteiger partial charge in [0.2, 0.25) is 0 Å². The highest BCUT2D eigenvalue weighted by Crippen LogP contribution is 2.35. The second-order valence-electron chi connectivity index (χ2n) is 4.60. The number of imidazole rings is 1. The van der Waals surface area contributed by atoms with E-state index in [4.69, 9.17) is 23.2 Å². The molecule has 0 saturated heterocycles. The van der Waals surface area contributed by atoms with Crippen LogP contribution in [0, 0.1) is 5.82 Å². The van der Waals surface area contributed by atoms with Crippen LogP contribution in [0.5, 0.6) is 0 Å². The quantitative estimate of drug-likeness (QED) is 0.502. The lowest BCUT2D eigenvalue weighted by Gasteiger charge is -2.13. The van der Waals surface area contributed by atoms with Crippen molar-refractivity contribution in [3.05, 3.63) is 57.5 Å². The Labute approximate surface area is 139 Å². The van der Waals surface area contributed by atoms with E-state index in [1.165, 1.54) is 6.07 Å². The van der Waals surface area contributed by atoms with Crippen molar-refractivity contribution in [2.75, 3.05) is 0 Å². The lowest BCUT2D eigenvalue weighted by atomic mass is 10.2. The highest BCUT2D eigenvalue weighted by Gasteiger charge is 2.21. The summed E-state index contributed by atoms with van der Waals surface area (Å²) >= 11 is 15.9. The van der Waals surface area contributed by atoms with Crippen LogP contribution >= 0.6 is 39.1 Å². The molecule has 1 unspecified atom stereocenters. The van der Waals surface area contributed by atoms with E-state index in [-0.39, 0.29) is 11.2 Å². The number of hydrogen-bond acceptors (Lipinski definition) is 1. The van der Waals surface area contributed by atoms with Crippen LogP contribution in [-0.2, 0) is 0 Å². The van der Waals surface area contributed by atoms with Gasteiger partial charge in [-0.1, -0.05) is 23.7 Å². The SMILES string of the molecule is CC(Cl)c1nc2cccc(Cl)c2n1-c1c(F)cccc1Br. The molecule has 0 amide bonds. The molecule has 0 fully saturated rings. The lowest BCUT2D eigenvalue weighted by molar-refractivity contribution is 0.615. The zero-order chi connectivity index (χ0) is 15.1. The molecule has 0 aliphatic heterocycles. The van der Waals surface area contributed by atoms with Crippen molar-refractivity contribution >= 4 is 50.2 Å². The summed E-state index contributed by atoms with van der Waals surface area (Å²) in [5.41, 5.74) is 1.68. The maximum atomic E-state index is 14.4. The van der Waals surface area contributed by atoms with Crippen LogP contribution in [-0.4, -0.2) is 9.55 Å². The Morgan fingerprint density at radius 1 is 1.24 bits per heavy atom. The second-order valence-corrected chi connectivity index (χ2v) is 6.52. The van der Waals surface area contributed by atoms with Crippen LogP contribution in [0.2, 0.25) is 5.02 Å². The first-order valence-corrected chi connectivity index (χ1v) is 7.86. The Kier molecular flexibility index (Phi) is 3.95. The van der Waals surface area contributed by atoms with Gasteiger partial charge in [-0.3, -0.25) is 4.57 Å². The molecule has 0 bridgehead atoms. The predicted octanol–water partition coefficient (Wildman–Crippen LogP) is 5.88. The Hall–Kier alpha value is -1.10. The molecule has 2 nitrogen and oxygen atoms in total. The van der Waals surface area contributed by atoms with E-state index < -0.39 is 0 Å². The average Bonchev–Trinajstić information content (AvgIpc) is 2.80. The molecule has 0 saturated carbocycles. The van der Waals surface area contributed by atoms with Gasteiger partial charge in [-0.25, -0.2) is 9.37 Å². The molecular weight excluding hydrogens is 378 g/mol. The van der Waals surface area contributed by atoms with Crippen molar-refractivity contribution in [2.24, 2.45) is 0 Å². The van der Waals surface area contributed by atoms with E-state index in [1.807, 2.05) is 6.07 Å². The van der Waals surface area contributed by atoms with Crippen molar-refractivity contribution in [1.82, 2.24) is 9.55 Å². The fraction of sp³-hybridized carbons (Fsp3) is 0.133. The molecule has 108 valence electrons. The number of alkyl halides is 1.